The third-order valence-electron chi connectivity index (χ3n) is 5.15. The maximum absolute atomic E-state index is 13.4. The van der Waals surface area contributed by atoms with Gasteiger partial charge in [0.05, 0.1) is 24.1 Å². The fourth-order valence-corrected chi connectivity index (χ4v) is 4.46. The summed E-state index contributed by atoms with van der Waals surface area (Å²) in [6, 6.07) is 18.4. The van der Waals surface area contributed by atoms with Crippen LogP contribution in [0.3, 0.4) is 0 Å². The summed E-state index contributed by atoms with van der Waals surface area (Å²) in [6.45, 7) is 3.35. The number of carbonyl (C=O) groups excluding carboxylic acids is 1. The van der Waals surface area contributed by atoms with Gasteiger partial charge in [-0.3, -0.25) is 9.69 Å². The standard InChI is InChI=1S/C23H23FN2O2S/c24-19-8-6-18(7-9-19)21(26-11-13-28-14-12-26)16-25-23(27)22-20(10-15-29-22)17-4-2-1-3-5-17/h1-10,15,21H,11-14,16H2,(H,25,27). The Kier molecular flexibility index (Phi) is 6.34. The van der Waals surface area contributed by atoms with Crippen molar-refractivity contribution in [2.24, 2.45) is 0 Å². The Hall–Kier alpha value is -2.54. The number of carbonyl (C=O) groups is 1. The monoisotopic (exact) mass is 410 g/mol. The number of benzene rings is 2. The number of halogens is 1. The van der Waals surface area contributed by atoms with Crippen LogP contribution in [-0.4, -0.2) is 43.7 Å². The van der Waals surface area contributed by atoms with E-state index in [2.05, 4.69) is 10.2 Å². The van der Waals surface area contributed by atoms with Crippen LogP contribution in [-0.2, 0) is 4.74 Å². The van der Waals surface area contributed by atoms with E-state index in [1.165, 1.54) is 23.5 Å². The molecule has 4 nitrogen and oxygen atoms in total. The minimum Gasteiger partial charge on any atom is -0.379 e. The number of rotatable bonds is 6. The largest absolute Gasteiger partial charge is 0.379 e. The van der Waals surface area contributed by atoms with Crippen molar-refractivity contribution < 1.29 is 13.9 Å². The zero-order chi connectivity index (χ0) is 20.1. The first-order valence-corrected chi connectivity index (χ1v) is 10.6. The second-order valence-electron chi connectivity index (χ2n) is 6.96. The van der Waals surface area contributed by atoms with E-state index in [1.807, 2.05) is 41.8 Å². The number of amides is 1. The summed E-state index contributed by atoms with van der Waals surface area (Å²) in [7, 11) is 0. The Bertz CT molecular complexity index is 937. The molecule has 1 aromatic heterocycles. The van der Waals surface area contributed by atoms with Gasteiger partial charge in [-0.15, -0.1) is 11.3 Å². The minimum absolute atomic E-state index is 0.0245. The van der Waals surface area contributed by atoms with Crippen LogP contribution >= 0.6 is 11.3 Å². The van der Waals surface area contributed by atoms with E-state index in [0.717, 1.165) is 29.8 Å². The predicted molar refractivity (Wildman–Crippen MR) is 114 cm³/mol. The van der Waals surface area contributed by atoms with Crippen molar-refractivity contribution in [1.82, 2.24) is 10.2 Å². The van der Waals surface area contributed by atoms with Crippen LogP contribution in [0.1, 0.15) is 21.3 Å². The molecule has 2 heterocycles. The summed E-state index contributed by atoms with van der Waals surface area (Å²) >= 11 is 1.44. The molecule has 2 aromatic carbocycles. The highest BCUT2D eigenvalue weighted by molar-refractivity contribution is 7.12. The Balaban J connectivity index is 1.51. The molecule has 1 atom stereocenters. The third kappa shape index (κ3) is 4.72. The van der Waals surface area contributed by atoms with Gasteiger partial charge in [0.15, 0.2) is 0 Å². The molecule has 0 aliphatic carbocycles. The molecule has 29 heavy (non-hydrogen) atoms. The lowest BCUT2D eigenvalue weighted by Crippen LogP contribution is -2.43. The van der Waals surface area contributed by atoms with Crippen LogP contribution in [0.25, 0.3) is 11.1 Å². The van der Waals surface area contributed by atoms with Gasteiger partial charge >= 0.3 is 0 Å². The van der Waals surface area contributed by atoms with E-state index < -0.39 is 0 Å². The lowest BCUT2D eigenvalue weighted by molar-refractivity contribution is 0.0162. The molecule has 4 rings (SSSR count). The molecule has 1 N–H and O–H groups in total. The number of hydrogen-bond acceptors (Lipinski definition) is 4. The number of hydrogen-bond donors (Lipinski definition) is 1. The van der Waals surface area contributed by atoms with Gasteiger partial charge in [0, 0.05) is 25.2 Å². The van der Waals surface area contributed by atoms with Gasteiger partial charge in [0.1, 0.15) is 5.82 Å². The van der Waals surface area contributed by atoms with Gasteiger partial charge in [-0.2, -0.15) is 0 Å². The second-order valence-corrected chi connectivity index (χ2v) is 7.87. The fraction of sp³-hybridized carbons (Fsp3) is 0.261. The highest BCUT2D eigenvalue weighted by Gasteiger charge is 2.24. The third-order valence-corrected chi connectivity index (χ3v) is 6.07. The van der Waals surface area contributed by atoms with E-state index in [-0.39, 0.29) is 17.8 Å². The van der Waals surface area contributed by atoms with Crippen molar-refractivity contribution in [2.75, 3.05) is 32.8 Å². The minimum atomic E-state index is -0.260. The predicted octanol–water partition coefficient (Wildman–Crippen LogP) is 4.36. The fourth-order valence-electron chi connectivity index (χ4n) is 3.63. The topological polar surface area (TPSA) is 41.6 Å². The molecule has 1 fully saturated rings. The van der Waals surface area contributed by atoms with Crippen LogP contribution in [0.2, 0.25) is 0 Å². The molecule has 1 amide bonds. The molecule has 0 bridgehead atoms. The van der Waals surface area contributed by atoms with Crippen molar-refractivity contribution in [3.05, 3.63) is 82.3 Å². The summed E-state index contributed by atoms with van der Waals surface area (Å²) in [4.78, 5) is 16.0. The highest BCUT2D eigenvalue weighted by atomic mass is 32.1. The molecular weight excluding hydrogens is 387 g/mol. The van der Waals surface area contributed by atoms with E-state index in [4.69, 9.17) is 4.74 Å². The van der Waals surface area contributed by atoms with Gasteiger partial charge in [-0.1, -0.05) is 42.5 Å². The SMILES string of the molecule is O=C(NCC(c1ccc(F)cc1)N1CCOCC1)c1sccc1-c1ccccc1. The number of morpholine rings is 1. The first-order valence-electron chi connectivity index (χ1n) is 9.71. The molecule has 0 saturated carbocycles. The lowest BCUT2D eigenvalue weighted by Gasteiger charge is -2.35. The second kappa shape index (κ2) is 9.31. The van der Waals surface area contributed by atoms with Crippen molar-refractivity contribution in [3.63, 3.8) is 0 Å². The molecular formula is C23H23FN2O2S. The van der Waals surface area contributed by atoms with Crippen molar-refractivity contribution in [1.29, 1.82) is 0 Å². The van der Waals surface area contributed by atoms with E-state index in [0.29, 0.717) is 24.6 Å². The van der Waals surface area contributed by atoms with E-state index in [9.17, 15) is 9.18 Å². The number of ether oxygens (including phenoxy) is 1. The Morgan fingerprint density at radius 3 is 2.52 bits per heavy atom. The average molecular weight is 411 g/mol. The Morgan fingerprint density at radius 2 is 1.79 bits per heavy atom. The van der Waals surface area contributed by atoms with Gasteiger partial charge in [-0.05, 0) is 34.7 Å². The number of nitrogens with zero attached hydrogens (tertiary/aromatic N) is 1. The molecule has 6 heteroatoms. The van der Waals surface area contributed by atoms with Crippen molar-refractivity contribution in [3.8, 4) is 11.1 Å². The van der Waals surface area contributed by atoms with Crippen LogP contribution in [0.5, 0.6) is 0 Å². The van der Waals surface area contributed by atoms with Crippen LogP contribution in [0, 0.1) is 5.82 Å². The number of nitrogens with one attached hydrogen (secondary N) is 1. The molecule has 1 aliphatic heterocycles. The number of thiophene rings is 1. The zero-order valence-corrected chi connectivity index (χ0v) is 16.8. The molecule has 1 saturated heterocycles. The maximum atomic E-state index is 13.4. The maximum Gasteiger partial charge on any atom is 0.262 e. The molecule has 0 radical (unpaired) electrons. The first kappa shape index (κ1) is 19.8. The first-order chi connectivity index (χ1) is 14.2. The summed E-state index contributed by atoms with van der Waals surface area (Å²) in [5.74, 6) is -0.344. The van der Waals surface area contributed by atoms with Gasteiger partial charge in [-0.25, -0.2) is 4.39 Å². The Morgan fingerprint density at radius 1 is 1.07 bits per heavy atom. The molecule has 3 aromatic rings. The summed E-state index contributed by atoms with van der Waals surface area (Å²) in [5.41, 5.74) is 2.96. The van der Waals surface area contributed by atoms with Gasteiger partial charge < -0.3 is 10.1 Å². The van der Waals surface area contributed by atoms with Crippen LogP contribution < -0.4 is 5.32 Å². The summed E-state index contributed by atoms with van der Waals surface area (Å²) < 4.78 is 18.9. The average Bonchev–Trinajstić information content (AvgIpc) is 3.26. The van der Waals surface area contributed by atoms with E-state index in [1.54, 1.807) is 12.1 Å². The van der Waals surface area contributed by atoms with Crippen molar-refractivity contribution >= 4 is 17.2 Å². The Labute approximate surface area is 173 Å². The van der Waals surface area contributed by atoms with Crippen molar-refractivity contribution in [2.45, 2.75) is 6.04 Å². The zero-order valence-electron chi connectivity index (χ0n) is 16.0. The molecule has 0 spiro atoms. The molecule has 150 valence electrons. The lowest BCUT2D eigenvalue weighted by atomic mass is 10.0. The summed E-state index contributed by atoms with van der Waals surface area (Å²) in [5, 5.41) is 5.04. The molecule has 1 unspecified atom stereocenters. The van der Waals surface area contributed by atoms with E-state index >= 15 is 0 Å². The van der Waals surface area contributed by atoms with Crippen LogP contribution in [0.4, 0.5) is 4.39 Å². The highest BCUT2D eigenvalue weighted by Crippen LogP contribution is 2.28. The molecule has 1 aliphatic rings. The normalized spacial score (nSPS) is 15.8. The summed E-state index contributed by atoms with van der Waals surface area (Å²) in [6.07, 6.45) is 0. The van der Waals surface area contributed by atoms with Crippen LogP contribution in [0.15, 0.2) is 66.0 Å². The quantitative estimate of drug-likeness (QED) is 0.657. The smallest absolute Gasteiger partial charge is 0.262 e. The van der Waals surface area contributed by atoms with Gasteiger partial charge in [0.25, 0.3) is 5.91 Å². The van der Waals surface area contributed by atoms with Gasteiger partial charge in [0.2, 0.25) is 0 Å².